The Hall–Kier alpha value is -2.02. The molecule has 1 aliphatic rings. The van der Waals surface area contributed by atoms with E-state index in [9.17, 15) is 14.9 Å². The highest BCUT2D eigenvalue weighted by Crippen LogP contribution is 2.33. The third kappa shape index (κ3) is 4.74. The number of piperidine rings is 1. The van der Waals surface area contributed by atoms with E-state index in [2.05, 4.69) is 5.32 Å². The van der Waals surface area contributed by atoms with E-state index in [1.165, 1.54) is 6.07 Å². The zero-order valence-corrected chi connectivity index (χ0v) is 14.8. The predicted molar refractivity (Wildman–Crippen MR) is 92.6 cm³/mol. The first-order valence-electron chi connectivity index (χ1n) is 7.85. The molecule has 8 heteroatoms. The van der Waals surface area contributed by atoms with Crippen LogP contribution in [0.3, 0.4) is 0 Å². The van der Waals surface area contributed by atoms with Crippen LogP contribution in [0.15, 0.2) is 18.2 Å². The minimum atomic E-state index is -0.520. The average Bonchev–Trinajstić information content (AvgIpc) is 2.45. The Balaban J connectivity index is 1.96. The van der Waals surface area contributed by atoms with E-state index in [-0.39, 0.29) is 22.8 Å². The first-order chi connectivity index (χ1) is 11.2. The topological polar surface area (TPSA) is 84.7 Å². The van der Waals surface area contributed by atoms with E-state index < -0.39 is 10.5 Å². The molecule has 132 valence electrons. The minimum Gasteiger partial charge on any atom is -0.444 e. The second-order valence-electron chi connectivity index (χ2n) is 6.78. The van der Waals surface area contributed by atoms with Gasteiger partial charge in [-0.1, -0.05) is 17.7 Å². The van der Waals surface area contributed by atoms with Crippen molar-refractivity contribution >= 4 is 29.1 Å². The fourth-order valence-corrected chi connectivity index (χ4v) is 2.81. The molecule has 1 amide bonds. The molecule has 0 saturated carbocycles. The first kappa shape index (κ1) is 18.3. The maximum atomic E-state index is 12.0. The van der Waals surface area contributed by atoms with Crippen molar-refractivity contribution in [2.45, 2.75) is 45.3 Å². The normalized spacial score (nSPS) is 15.9. The summed E-state index contributed by atoms with van der Waals surface area (Å²) < 4.78 is 5.36. The van der Waals surface area contributed by atoms with Gasteiger partial charge in [0, 0.05) is 19.1 Å². The van der Waals surface area contributed by atoms with Gasteiger partial charge in [0.25, 0.3) is 0 Å². The molecule has 0 unspecified atom stereocenters. The van der Waals surface area contributed by atoms with Crippen molar-refractivity contribution in [3.63, 3.8) is 0 Å². The Kier molecular flexibility index (Phi) is 5.54. The zero-order chi connectivity index (χ0) is 17.9. The second-order valence-corrected chi connectivity index (χ2v) is 7.19. The van der Waals surface area contributed by atoms with E-state index in [0.717, 1.165) is 0 Å². The predicted octanol–water partition coefficient (Wildman–Crippen LogP) is 4.06. The van der Waals surface area contributed by atoms with Gasteiger partial charge in [0.1, 0.15) is 16.3 Å². The summed E-state index contributed by atoms with van der Waals surface area (Å²) in [5.41, 5.74) is -0.231. The molecule has 0 aromatic heterocycles. The van der Waals surface area contributed by atoms with Crippen LogP contribution in [0.2, 0.25) is 5.02 Å². The Labute approximate surface area is 146 Å². The highest BCUT2D eigenvalue weighted by Gasteiger charge is 2.28. The molecule has 1 N–H and O–H groups in total. The van der Waals surface area contributed by atoms with E-state index in [1.807, 2.05) is 20.8 Å². The lowest BCUT2D eigenvalue weighted by atomic mass is 10.0. The van der Waals surface area contributed by atoms with Crippen LogP contribution < -0.4 is 5.32 Å². The molecular formula is C16H22ClN3O4. The molecule has 0 aliphatic carbocycles. The zero-order valence-electron chi connectivity index (χ0n) is 14.0. The molecule has 7 nitrogen and oxygen atoms in total. The summed E-state index contributed by atoms with van der Waals surface area (Å²) in [4.78, 5) is 24.4. The Morgan fingerprint density at radius 2 is 2.00 bits per heavy atom. The van der Waals surface area contributed by atoms with Gasteiger partial charge >= 0.3 is 11.8 Å². The molecule has 1 aromatic carbocycles. The number of hydrogen-bond acceptors (Lipinski definition) is 5. The van der Waals surface area contributed by atoms with Gasteiger partial charge in [-0.05, 0) is 45.7 Å². The molecule has 0 atom stereocenters. The van der Waals surface area contributed by atoms with Gasteiger partial charge in [-0.2, -0.15) is 0 Å². The van der Waals surface area contributed by atoms with Gasteiger partial charge in [-0.15, -0.1) is 0 Å². The summed E-state index contributed by atoms with van der Waals surface area (Å²) in [5, 5.41) is 14.5. The number of nitro benzene ring substituents is 1. The van der Waals surface area contributed by atoms with Gasteiger partial charge in [0.2, 0.25) is 0 Å². The van der Waals surface area contributed by atoms with Gasteiger partial charge in [0.15, 0.2) is 0 Å². The van der Waals surface area contributed by atoms with E-state index in [4.69, 9.17) is 16.3 Å². The fraction of sp³-hybridized carbons (Fsp3) is 0.562. The molecule has 0 spiro atoms. The van der Waals surface area contributed by atoms with Gasteiger partial charge < -0.3 is 15.0 Å². The number of ether oxygens (including phenoxy) is 1. The minimum absolute atomic E-state index is 0.0425. The number of carbonyl (C=O) groups excluding carboxylic acids is 1. The van der Waals surface area contributed by atoms with Gasteiger partial charge in [0.05, 0.1) is 4.92 Å². The van der Waals surface area contributed by atoms with Crippen LogP contribution >= 0.6 is 11.6 Å². The lowest BCUT2D eigenvalue weighted by Gasteiger charge is -2.34. The number of nitrogens with zero attached hydrogens (tertiary/aromatic N) is 2. The van der Waals surface area contributed by atoms with Crippen molar-refractivity contribution in [2.24, 2.45) is 0 Å². The lowest BCUT2D eigenvalue weighted by Crippen LogP contribution is -2.44. The summed E-state index contributed by atoms with van der Waals surface area (Å²) in [6, 6.07) is 4.86. The number of likely N-dealkylation sites (tertiary alicyclic amines) is 1. The van der Waals surface area contributed by atoms with Crippen molar-refractivity contribution < 1.29 is 14.5 Å². The Morgan fingerprint density at radius 1 is 1.38 bits per heavy atom. The maximum Gasteiger partial charge on any atom is 0.410 e. The molecule has 24 heavy (non-hydrogen) atoms. The van der Waals surface area contributed by atoms with Crippen LogP contribution in [0.4, 0.5) is 16.2 Å². The van der Waals surface area contributed by atoms with Crippen LogP contribution in [0.1, 0.15) is 33.6 Å². The molecule has 0 bridgehead atoms. The lowest BCUT2D eigenvalue weighted by molar-refractivity contribution is -0.383. The number of rotatable bonds is 3. The number of nitrogens with one attached hydrogen (secondary N) is 1. The molecule has 1 aromatic rings. The van der Waals surface area contributed by atoms with Crippen LogP contribution in [-0.2, 0) is 4.74 Å². The van der Waals surface area contributed by atoms with Crippen molar-refractivity contribution in [3.05, 3.63) is 33.3 Å². The molecule has 1 aliphatic heterocycles. The number of anilines is 1. The first-order valence-corrected chi connectivity index (χ1v) is 8.22. The summed E-state index contributed by atoms with van der Waals surface area (Å²) in [6.45, 7) is 6.58. The SMILES string of the molecule is CC(C)(C)OC(=O)N1CCC(Nc2cccc(Cl)c2[N+](=O)[O-])CC1. The van der Waals surface area contributed by atoms with E-state index >= 15 is 0 Å². The number of benzene rings is 1. The molecule has 2 rings (SSSR count). The van der Waals surface area contributed by atoms with E-state index in [0.29, 0.717) is 31.6 Å². The van der Waals surface area contributed by atoms with Gasteiger partial charge in [-0.25, -0.2) is 4.79 Å². The molecule has 1 fully saturated rings. The third-order valence-corrected chi connectivity index (χ3v) is 3.98. The van der Waals surface area contributed by atoms with Gasteiger partial charge in [-0.3, -0.25) is 10.1 Å². The van der Waals surface area contributed by atoms with Crippen molar-refractivity contribution in [3.8, 4) is 0 Å². The molecule has 1 saturated heterocycles. The molecule has 0 radical (unpaired) electrons. The van der Waals surface area contributed by atoms with Crippen molar-refractivity contribution in [2.75, 3.05) is 18.4 Å². The maximum absolute atomic E-state index is 12.0. The van der Waals surface area contributed by atoms with Crippen LogP contribution in [0.25, 0.3) is 0 Å². The number of hydrogen-bond donors (Lipinski definition) is 1. The summed E-state index contributed by atoms with van der Waals surface area (Å²) in [6.07, 6.45) is 1.04. The highest BCUT2D eigenvalue weighted by molar-refractivity contribution is 6.33. The number of halogens is 1. The quantitative estimate of drug-likeness (QED) is 0.652. The number of carbonyl (C=O) groups is 1. The monoisotopic (exact) mass is 355 g/mol. The second kappa shape index (κ2) is 7.25. The van der Waals surface area contributed by atoms with Crippen molar-refractivity contribution in [1.29, 1.82) is 0 Å². The average molecular weight is 356 g/mol. The third-order valence-electron chi connectivity index (χ3n) is 3.68. The van der Waals surface area contributed by atoms with Crippen molar-refractivity contribution in [1.82, 2.24) is 4.90 Å². The standard InChI is InChI=1S/C16H22ClN3O4/c1-16(2,3)24-15(21)19-9-7-11(8-10-19)18-13-6-4-5-12(17)14(13)20(22)23/h4-6,11,18H,7-10H2,1-3H3. The Morgan fingerprint density at radius 3 is 2.54 bits per heavy atom. The number of nitro groups is 1. The van der Waals surface area contributed by atoms with Crippen LogP contribution in [0, 0.1) is 10.1 Å². The van der Waals surface area contributed by atoms with E-state index in [1.54, 1.807) is 17.0 Å². The smallest absolute Gasteiger partial charge is 0.410 e. The summed E-state index contributed by atoms with van der Waals surface area (Å²) in [7, 11) is 0. The fourth-order valence-electron chi connectivity index (χ4n) is 2.57. The Bertz CT molecular complexity index is 622. The summed E-state index contributed by atoms with van der Waals surface area (Å²) >= 11 is 5.92. The molecule has 1 heterocycles. The van der Waals surface area contributed by atoms with Crippen LogP contribution in [-0.4, -0.2) is 40.6 Å². The summed E-state index contributed by atoms with van der Waals surface area (Å²) in [5.74, 6) is 0. The largest absolute Gasteiger partial charge is 0.444 e. The number of amides is 1. The van der Waals surface area contributed by atoms with Crippen LogP contribution in [0.5, 0.6) is 0 Å². The molecular weight excluding hydrogens is 334 g/mol. The number of para-hydroxylation sites is 1. The highest BCUT2D eigenvalue weighted by atomic mass is 35.5.